The van der Waals surface area contributed by atoms with Gasteiger partial charge in [-0.2, -0.15) is 0 Å². The molecule has 0 atom stereocenters. The Morgan fingerprint density at radius 1 is 0.477 bits per heavy atom. The van der Waals surface area contributed by atoms with Gasteiger partial charge in [-0.05, 0) is 67.8 Å². The molecule has 0 saturated carbocycles. The molecule has 44 heavy (non-hydrogen) atoms. The van der Waals surface area contributed by atoms with E-state index in [4.69, 9.17) is 0 Å². The van der Waals surface area contributed by atoms with E-state index in [0.29, 0.717) is 12.0 Å². The van der Waals surface area contributed by atoms with Crippen molar-refractivity contribution < 1.29 is 15.0 Å². The molecule has 0 aromatic heterocycles. The number of hydrogen-bond acceptors (Lipinski definition) is 3. The Balaban J connectivity index is 1.09. The number of carbonyl (C=O) groups is 1. The van der Waals surface area contributed by atoms with Gasteiger partial charge in [-0.25, -0.2) is 0 Å². The molecule has 0 unspecified atom stereocenters. The zero-order chi connectivity index (χ0) is 30.9. The normalized spacial score (nSPS) is 11.5. The highest BCUT2D eigenvalue weighted by molar-refractivity contribution is 7.95. The van der Waals surface area contributed by atoms with Crippen LogP contribution in [0.15, 0.2) is 109 Å². The van der Waals surface area contributed by atoms with Crippen LogP contribution in [0.4, 0.5) is 0 Å². The molecular formula is C40H50O3P+. The summed E-state index contributed by atoms with van der Waals surface area (Å²) in [6.07, 6.45) is 17.7. The van der Waals surface area contributed by atoms with Crippen LogP contribution >= 0.6 is 7.26 Å². The average molecular weight is 610 g/mol. The van der Waals surface area contributed by atoms with Crippen LogP contribution in [-0.4, -0.2) is 22.2 Å². The minimum atomic E-state index is -1.70. The van der Waals surface area contributed by atoms with Gasteiger partial charge in [-0.15, -0.1) is 0 Å². The molecule has 232 valence electrons. The minimum absolute atomic E-state index is 0.0242. The number of phenolic OH excluding ortho intramolecular Hbond substituents is 2. The molecule has 0 amide bonds. The van der Waals surface area contributed by atoms with E-state index in [1.165, 1.54) is 104 Å². The van der Waals surface area contributed by atoms with Crippen molar-refractivity contribution in [2.24, 2.45) is 0 Å². The maximum Gasteiger partial charge on any atom is 0.166 e. The Hall–Kier alpha value is -3.42. The van der Waals surface area contributed by atoms with E-state index in [-0.39, 0.29) is 17.3 Å². The molecule has 4 rings (SSSR count). The second-order valence-electron chi connectivity index (χ2n) is 12.0. The molecule has 0 fully saturated rings. The maximum absolute atomic E-state index is 12.3. The first-order valence-corrected chi connectivity index (χ1v) is 18.7. The largest absolute Gasteiger partial charge is 0.508 e. The van der Waals surface area contributed by atoms with Gasteiger partial charge in [0.25, 0.3) is 0 Å². The van der Waals surface area contributed by atoms with Crippen molar-refractivity contribution in [1.29, 1.82) is 0 Å². The minimum Gasteiger partial charge on any atom is -0.508 e. The van der Waals surface area contributed by atoms with Crippen molar-refractivity contribution in [3.63, 3.8) is 0 Å². The number of phenols is 2. The number of aromatic hydroxyl groups is 2. The Kier molecular flexibility index (Phi) is 14.0. The summed E-state index contributed by atoms with van der Waals surface area (Å²) >= 11 is 0. The third-order valence-corrected chi connectivity index (χ3v) is 13.3. The topological polar surface area (TPSA) is 57.5 Å². The lowest BCUT2D eigenvalue weighted by atomic mass is 10.0. The zero-order valence-corrected chi connectivity index (χ0v) is 27.1. The molecule has 0 bridgehead atoms. The highest BCUT2D eigenvalue weighted by atomic mass is 31.2. The van der Waals surface area contributed by atoms with Gasteiger partial charge in [0, 0.05) is 12.5 Å². The number of hydrogen-bond donors (Lipinski definition) is 2. The van der Waals surface area contributed by atoms with Gasteiger partial charge in [0.15, 0.2) is 5.78 Å². The lowest BCUT2D eigenvalue weighted by Crippen LogP contribution is -2.33. The third-order valence-electron chi connectivity index (χ3n) is 8.77. The lowest BCUT2D eigenvalue weighted by molar-refractivity contribution is 0.0976. The first-order valence-electron chi connectivity index (χ1n) is 16.7. The summed E-state index contributed by atoms with van der Waals surface area (Å²) in [5.41, 5.74) is 0.309. The van der Waals surface area contributed by atoms with Crippen LogP contribution in [0.3, 0.4) is 0 Å². The molecule has 4 aromatic carbocycles. The van der Waals surface area contributed by atoms with E-state index < -0.39 is 7.26 Å². The number of unbranched alkanes of at least 4 members (excludes halogenated alkanes) is 12. The van der Waals surface area contributed by atoms with Gasteiger partial charge < -0.3 is 10.2 Å². The summed E-state index contributed by atoms with van der Waals surface area (Å²) in [5.74, 6) is -0.205. The summed E-state index contributed by atoms with van der Waals surface area (Å²) in [6, 6.07) is 37.9. The van der Waals surface area contributed by atoms with Gasteiger partial charge in [-0.1, -0.05) is 119 Å². The lowest BCUT2D eigenvalue weighted by Gasteiger charge is -2.27. The summed E-state index contributed by atoms with van der Waals surface area (Å²) < 4.78 is 0. The van der Waals surface area contributed by atoms with Crippen molar-refractivity contribution in [3.05, 3.63) is 115 Å². The molecule has 3 nitrogen and oxygen atoms in total. The molecule has 2 N–H and O–H groups in total. The second kappa shape index (κ2) is 18.4. The number of Topliss-reactive ketones (excluding diaryl/α,β-unsaturated/α-hetero) is 1. The number of benzene rings is 4. The molecular weight excluding hydrogens is 559 g/mol. The van der Waals surface area contributed by atoms with Crippen molar-refractivity contribution in [3.8, 4) is 11.5 Å². The predicted octanol–water partition coefficient (Wildman–Crippen LogP) is 9.74. The average Bonchev–Trinajstić information content (AvgIpc) is 3.06. The SMILES string of the molecule is O=C(CCCCCCCCCCCCCCC[P+](c1ccccc1)(c1ccccc1)c1ccccc1)c1ccc(O)cc1O. The van der Waals surface area contributed by atoms with E-state index in [1.54, 1.807) is 0 Å². The molecule has 4 aromatic rings. The van der Waals surface area contributed by atoms with Crippen LogP contribution in [0, 0.1) is 0 Å². The highest BCUT2D eigenvalue weighted by Gasteiger charge is 2.44. The molecule has 0 radical (unpaired) electrons. The van der Waals surface area contributed by atoms with E-state index in [0.717, 1.165) is 19.3 Å². The van der Waals surface area contributed by atoms with Crippen LogP contribution in [0.2, 0.25) is 0 Å². The van der Waals surface area contributed by atoms with Crippen LogP contribution in [0.25, 0.3) is 0 Å². The molecule has 0 aliphatic rings. The zero-order valence-electron chi connectivity index (χ0n) is 26.2. The molecule has 0 aliphatic heterocycles. The van der Waals surface area contributed by atoms with Gasteiger partial charge in [-0.3, -0.25) is 4.79 Å². The number of rotatable bonds is 20. The highest BCUT2D eigenvalue weighted by Crippen LogP contribution is 2.56. The van der Waals surface area contributed by atoms with Crippen LogP contribution in [-0.2, 0) is 0 Å². The first-order chi connectivity index (χ1) is 21.6. The van der Waals surface area contributed by atoms with E-state index in [1.807, 2.05) is 0 Å². The summed E-state index contributed by atoms with van der Waals surface area (Å²) in [4.78, 5) is 12.3. The molecule has 0 spiro atoms. The fourth-order valence-corrected chi connectivity index (χ4v) is 10.8. The smallest absolute Gasteiger partial charge is 0.166 e. The quantitative estimate of drug-likeness (QED) is 0.0596. The first kappa shape index (κ1) is 33.5. The molecule has 4 heteroatoms. The summed E-state index contributed by atoms with van der Waals surface area (Å²) in [5, 5.41) is 23.7. The fraction of sp³-hybridized carbons (Fsp3) is 0.375. The third kappa shape index (κ3) is 9.80. The van der Waals surface area contributed by atoms with Gasteiger partial charge in [0.05, 0.1) is 11.7 Å². The van der Waals surface area contributed by atoms with Gasteiger partial charge in [0.2, 0.25) is 0 Å². The van der Waals surface area contributed by atoms with Crippen molar-refractivity contribution >= 4 is 29.0 Å². The Labute approximate surface area is 265 Å². The van der Waals surface area contributed by atoms with E-state index in [2.05, 4.69) is 91.0 Å². The van der Waals surface area contributed by atoms with Gasteiger partial charge in [0.1, 0.15) is 34.7 Å². The number of ketones is 1. The Morgan fingerprint density at radius 2 is 0.864 bits per heavy atom. The maximum atomic E-state index is 12.3. The monoisotopic (exact) mass is 609 g/mol. The summed E-state index contributed by atoms with van der Waals surface area (Å²) in [7, 11) is -1.70. The van der Waals surface area contributed by atoms with E-state index >= 15 is 0 Å². The second-order valence-corrected chi connectivity index (χ2v) is 15.6. The van der Waals surface area contributed by atoms with Crippen molar-refractivity contribution in [2.75, 3.05) is 6.16 Å². The number of carbonyl (C=O) groups excluding carboxylic acids is 1. The fourth-order valence-electron chi connectivity index (χ4n) is 6.35. The van der Waals surface area contributed by atoms with Crippen LogP contribution in [0.5, 0.6) is 11.5 Å². The molecule has 0 saturated heterocycles. The van der Waals surface area contributed by atoms with Gasteiger partial charge >= 0.3 is 0 Å². The van der Waals surface area contributed by atoms with Crippen LogP contribution < -0.4 is 15.9 Å². The molecule has 0 heterocycles. The molecule has 0 aliphatic carbocycles. The Morgan fingerprint density at radius 3 is 1.27 bits per heavy atom. The predicted molar refractivity (Wildman–Crippen MR) is 189 cm³/mol. The van der Waals surface area contributed by atoms with Crippen molar-refractivity contribution in [2.45, 2.75) is 89.9 Å². The van der Waals surface area contributed by atoms with Crippen LogP contribution in [0.1, 0.15) is 100 Å². The van der Waals surface area contributed by atoms with E-state index in [9.17, 15) is 15.0 Å². The summed E-state index contributed by atoms with van der Waals surface area (Å²) in [6.45, 7) is 0. The standard InChI is InChI=1S/C40H49O3P/c41-34-30-31-38(40(43)33-34)39(42)29-21-10-8-6-4-2-1-3-5-7-9-11-22-32-44(35-23-15-12-16-24-35,36-25-17-13-18-26-36)37-27-19-14-20-28-37/h12-20,23-28,30-31,33H,1-11,21-22,29,32H2,(H-,41,42,43)/p+1. The Bertz CT molecular complexity index is 1280. The van der Waals surface area contributed by atoms with Crippen molar-refractivity contribution in [1.82, 2.24) is 0 Å².